The van der Waals surface area contributed by atoms with Crippen LogP contribution in [-0.2, 0) is 17.1 Å². The Kier molecular flexibility index (Phi) is 4.62. The highest BCUT2D eigenvalue weighted by molar-refractivity contribution is 7.89. The minimum atomic E-state index is -3.67. The zero-order valence-corrected chi connectivity index (χ0v) is 17.3. The number of aryl methyl sites for hydroxylation is 1. The third-order valence-corrected chi connectivity index (χ3v) is 7.63. The summed E-state index contributed by atoms with van der Waals surface area (Å²) in [6.07, 6.45) is 3.05. The predicted molar refractivity (Wildman–Crippen MR) is 108 cm³/mol. The van der Waals surface area contributed by atoms with E-state index < -0.39 is 15.8 Å². The molecule has 1 saturated heterocycles. The number of hydrogen-bond acceptors (Lipinski definition) is 7. The molecule has 2 fully saturated rings. The van der Waals surface area contributed by atoms with Crippen LogP contribution in [0.5, 0.6) is 5.88 Å². The van der Waals surface area contributed by atoms with E-state index in [0.29, 0.717) is 49.0 Å². The fourth-order valence-electron chi connectivity index (χ4n) is 3.77. The third-order valence-electron chi connectivity index (χ3n) is 5.77. The van der Waals surface area contributed by atoms with Crippen molar-refractivity contribution >= 4 is 21.1 Å². The lowest BCUT2D eigenvalue weighted by Crippen LogP contribution is -2.29. The van der Waals surface area contributed by atoms with E-state index in [0.717, 1.165) is 5.69 Å². The Bertz CT molecular complexity index is 1240. The van der Waals surface area contributed by atoms with Crippen LogP contribution in [0, 0.1) is 5.92 Å². The molecule has 0 bridgehead atoms. The van der Waals surface area contributed by atoms with Crippen molar-refractivity contribution in [1.82, 2.24) is 19.1 Å². The van der Waals surface area contributed by atoms with E-state index in [9.17, 15) is 13.2 Å². The van der Waals surface area contributed by atoms with E-state index in [2.05, 4.69) is 10.2 Å². The van der Waals surface area contributed by atoms with Gasteiger partial charge in [0.05, 0.1) is 22.7 Å². The summed E-state index contributed by atoms with van der Waals surface area (Å²) < 4.78 is 39.7. The van der Waals surface area contributed by atoms with Crippen molar-refractivity contribution < 1.29 is 17.6 Å². The third kappa shape index (κ3) is 3.50. The summed E-state index contributed by atoms with van der Waals surface area (Å²) in [5, 5.41) is 8.31. The van der Waals surface area contributed by atoms with Crippen LogP contribution in [-0.4, -0.2) is 47.2 Å². The second-order valence-corrected chi connectivity index (χ2v) is 9.89. The molecule has 158 valence electrons. The Morgan fingerprint density at radius 1 is 1.17 bits per heavy atom. The van der Waals surface area contributed by atoms with Gasteiger partial charge in [-0.15, -0.1) is 5.10 Å². The van der Waals surface area contributed by atoms with Crippen molar-refractivity contribution in [3.05, 3.63) is 46.6 Å². The lowest BCUT2D eigenvalue weighted by Gasteiger charge is -2.17. The van der Waals surface area contributed by atoms with Gasteiger partial charge in [-0.05, 0) is 43.5 Å². The van der Waals surface area contributed by atoms with Gasteiger partial charge >= 0.3 is 5.76 Å². The van der Waals surface area contributed by atoms with Crippen molar-refractivity contribution in [2.75, 3.05) is 19.7 Å². The standard InChI is InChI=1S/C20H22N4O5S/c1-23-17-10-15(4-6-18(17)29-20(23)25)30(26,27)24-9-8-13(11-24)12-28-19-7-5-16(21-22-19)14-2-3-14/h4-7,10,13-14H,2-3,8-9,11-12H2,1H3. The molecule has 2 aliphatic rings. The van der Waals surface area contributed by atoms with E-state index in [1.165, 1.54) is 39.9 Å². The van der Waals surface area contributed by atoms with Gasteiger partial charge in [-0.2, -0.15) is 9.40 Å². The fourth-order valence-corrected chi connectivity index (χ4v) is 5.33. The van der Waals surface area contributed by atoms with Crippen LogP contribution in [0.25, 0.3) is 11.1 Å². The summed E-state index contributed by atoms with van der Waals surface area (Å²) in [5.41, 5.74) is 1.82. The first kappa shape index (κ1) is 19.3. The molecule has 1 aliphatic carbocycles. The molecule has 10 heteroatoms. The average Bonchev–Trinajstić information content (AvgIpc) is 3.41. The van der Waals surface area contributed by atoms with Gasteiger partial charge in [0.2, 0.25) is 15.9 Å². The molecule has 2 aromatic heterocycles. The number of aromatic nitrogens is 3. The van der Waals surface area contributed by atoms with Crippen molar-refractivity contribution in [1.29, 1.82) is 0 Å². The van der Waals surface area contributed by atoms with Crippen LogP contribution < -0.4 is 10.5 Å². The van der Waals surface area contributed by atoms with Gasteiger partial charge in [-0.3, -0.25) is 4.57 Å². The van der Waals surface area contributed by atoms with E-state index in [-0.39, 0.29) is 10.8 Å². The Hall–Kier alpha value is -2.72. The first-order valence-corrected chi connectivity index (χ1v) is 11.4. The first-order valence-electron chi connectivity index (χ1n) is 9.98. The molecular formula is C20H22N4O5S. The number of ether oxygens (including phenoxy) is 1. The van der Waals surface area contributed by atoms with E-state index in [4.69, 9.17) is 9.15 Å². The number of rotatable bonds is 6. The van der Waals surface area contributed by atoms with Crippen LogP contribution in [0.2, 0.25) is 0 Å². The molecule has 1 atom stereocenters. The molecule has 30 heavy (non-hydrogen) atoms. The maximum Gasteiger partial charge on any atom is 0.419 e. The number of benzene rings is 1. The van der Waals surface area contributed by atoms with Gasteiger partial charge in [0, 0.05) is 38.0 Å². The molecule has 1 saturated carbocycles. The first-order chi connectivity index (χ1) is 14.4. The van der Waals surface area contributed by atoms with Gasteiger partial charge in [0.1, 0.15) is 0 Å². The Balaban J connectivity index is 1.25. The SMILES string of the molecule is Cn1c(=O)oc2ccc(S(=O)(=O)N3CCC(COc4ccc(C5CC5)nn4)C3)cc21. The number of hydrogen-bond donors (Lipinski definition) is 0. The quantitative estimate of drug-likeness (QED) is 0.588. The Morgan fingerprint density at radius 3 is 2.73 bits per heavy atom. The summed E-state index contributed by atoms with van der Waals surface area (Å²) in [4.78, 5) is 11.8. The summed E-state index contributed by atoms with van der Waals surface area (Å²) in [7, 11) is -2.12. The molecule has 5 rings (SSSR count). The van der Waals surface area contributed by atoms with Gasteiger partial charge in [0.25, 0.3) is 0 Å². The lowest BCUT2D eigenvalue weighted by molar-refractivity contribution is 0.243. The second-order valence-electron chi connectivity index (χ2n) is 7.96. The number of fused-ring (bicyclic) bond motifs is 1. The molecule has 1 aromatic carbocycles. The molecule has 3 aromatic rings. The summed E-state index contributed by atoms with van der Waals surface area (Å²) in [6.45, 7) is 1.18. The normalized spacial score (nSPS) is 20.1. The molecule has 0 amide bonds. The number of nitrogens with zero attached hydrogens (tertiary/aromatic N) is 4. The van der Waals surface area contributed by atoms with E-state index in [1.807, 2.05) is 12.1 Å². The molecular weight excluding hydrogens is 408 g/mol. The van der Waals surface area contributed by atoms with Crippen molar-refractivity contribution in [2.45, 2.75) is 30.1 Å². The van der Waals surface area contributed by atoms with Gasteiger partial charge in [-0.1, -0.05) is 0 Å². The highest BCUT2D eigenvalue weighted by Gasteiger charge is 2.33. The van der Waals surface area contributed by atoms with E-state index >= 15 is 0 Å². The lowest BCUT2D eigenvalue weighted by atomic mass is 10.1. The van der Waals surface area contributed by atoms with Crippen molar-refractivity contribution in [2.24, 2.45) is 13.0 Å². The maximum atomic E-state index is 13.1. The number of sulfonamides is 1. The Morgan fingerprint density at radius 2 is 2.00 bits per heavy atom. The highest BCUT2D eigenvalue weighted by atomic mass is 32.2. The fraction of sp³-hybridized carbons (Fsp3) is 0.450. The highest BCUT2D eigenvalue weighted by Crippen LogP contribution is 2.38. The predicted octanol–water partition coefficient (Wildman–Crippen LogP) is 1.89. The van der Waals surface area contributed by atoms with Gasteiger partial charge < -0.3 is 9.15 Å². The van der Waals surface area contributed by atoms with E-state index in [1.54, 1.807) is 7.05 Å². The maximum absolute atomic E-state index is 13.1. The zero-order chi connectivity index (χ0) is 20.9. The monoisotopic (exact) mass is 430 g/mol. The molecule has 3 heterocycles. The van der Waals surface area contributed by atoms with Crippen LogP contribution in [0.1, 0.15) is 30.9 Å². The Labute approximate surface area is 173 Å². The smallest absolute Gasteiger partial charge is 0.419 e. The second kappa shape index (κ2) is 7.21. The summed E-state index contributed by atoms with van der Waals surface area (Å²) in [6, 6.07) is 8.25. The van der Waals surface area contributed by atoms with Crippen LogP contribution in [0.15, 0.2) is 44.4 Å². The topological polar surface area (TPSA) is 108 Å². The molecule has 0 spiro atoms. The van der Waals surface area contributed by atoms with Crippen molar-refractivity contribution in [3.63, 3.8) is 0 Å². The average molecular weight is 430 g/mol. The molecule has 1 aliphatic heterocycles. The van der Waals surface area contributed by atoms with Gasteiger partial charge in [-0.25, -0.2) is 13.2 Å². The minimum Gasteiger partial charge on any atom is -0.476 e. The van der Waals surface area contributed by atoms with Crippen molar-refractivity contribution in [3.8, 4) is 5.88 Å². The summed E-state index contributed by atoms with van der Waals surface area (Å²) >= 11 is 0. The minimum absolute atomic E-state index is 0.0756. The van der Waals surface area contributed by atoms with Gasteiger partial charge in [0.15, 0.2) is 5.58 Å². The molecule has 0 radical (unpaired) electrons. The molecule has 0 N–H and O–H groups in total. The van der Waals surface area contributed by atoms with Crippen LogP contribution >= 0.6 is 0 Å². The number of oxazole rings is 1. The molecule has 1 unspecified atom stereocenters. The largest absolute Gasteiger partial charge is 0.476 e. The zero-order valence-electron chi connectivity index (χ0n) is 16.5. The molecule has 9 nitrogen and oxygen atoms in total. The van der Waals surface area contributed by atoms with Crippen LogP contribution in [0.4, 0.5) is 0 Å². The summed E-state index contributed by atoms with van der Waals surface area (Å²) in [5.74, 6) is 0.564. The van der Waals surface area contributed by atoms with Crippen LogP contribution in [0.3, 0.4) is 0 Å².